The van der Waals surface area contributed by atoms with Crippen molar-refractivity contribution in [3.8, 4) is 5.69 Å². The van der Waals surface area contributed by atoms with Crippen molar-refractivity contribution in [3.63, 3.8) is 0 Å². The molecule has 7 rings (SSSR count). The number of rotatable bonds is 3. The van der Waals surface area contributed by atoms with Crippen LogP contribution in [-0.2, 0) is 33.6 Å². The van der Waals surface area contributed by atoms with Gasteiger partial charge in [-0.15, -0.1) is 0 Å². The largest absolute Gasteiger partial charge is 0.444 e. The van der Waals surface area contributed by atoms with Gasteiger partial charge in [-0.1, -0.05) is 0 Å². The van der Waals surface area contributed by atoms with Crippen molar-refractivity contribution in [2.75, 3.05) is 27.8 Å². The fourth-order valence-corrected chi connectivity index (χ4v) is 7.46. The molecule has 0 unspecified atom stereocenters. The lowest BCUT2D eigenvalue weighted by Crippen LogP contribution is -2.42. The van der Waals surface area contributed by atoms with E-state index in [0.29, 0.717) is 54.1 Å². The molecule has 1 atom stereocenters. The van der Waals surface area contributed by atoms with Crippen LogP contribution >= 0.6 is 0 Å². The number of benzene rings is 2. The second kappa shape index (κ2) is 11.5. The van der Waals surface area contributed by atoms with E-state index < -0.39 is 17.7 Å². The van der Waals surface area contributed by atoms with Crippen LogP contribution in [-0.4, -0.2) is 51.3 Å². The quantitative estimate of drug-likeness (QED) is 0.302. The number of aromatic nitrogens is 2. The minimum atomic E-state index is -0.671. The van der Waals surface area contributed by atoms with E-state index in [9.17, 15) is 18.8 Å². The molecule has 0 spiro atoms. The number of ether oxygens (including phenoxy) is 1. The van der Waals surface area contributed by atoms with E-state index in [2.05, 4.69) is 28.9 Å². The van der Waals surface area contributed by atoms with Gasteiger partial charge in [-0.25, -0.2) is 23.5 Å². The summed E-state index contributed by atoms with van der Waals surface area (Å²) in [6.07, 6.45) is 6.78. The summed E-state index contributed by atoms with van der Waals surface area (Å²) in [6, 6.07) is 7.20. The Morgan fingerprint density at radius 2 is 1.60 bits per heavy atom. The van der Waals surface area contributed by atoms with Gasteiger partial charge in [0.05, 0.1) is 17.4 Å². The van der Waals surface area contributed by atoms with Crippen LogP contribution in [0.1, 0.15) is 80.1 Å². The highest BCUT2D eigenvalue weighted by molar-refractivity contribution is 5.83. The molecular formula is C37H39FN6O4. The third-order valence-corrected chi connectivity index (χ3v) is 9.59. The van der Waals surface area contributed by atoms with E-state index in [1.165, 1.54) is 0 Å². The summed E-state index contributed by atoms with van der Waals surface area (Å²) >= 11 is 0. The Labute approximate surface area is 279 Å². The third-order valence-electron chi connectivity index (χ3n) is 9.59. The molecule has 3 aromatic rings. The SMILES string of the molecule is Cc1cc(-n2nc3c(c2N2C=CN(c4cc5c6c(c4)CCC(=C=O)N6CCC5)C2=C=O)[C@H](C)N(C(=O)OC(C)(C)C)CC3)cc(C)c1F. The summed E-state index contributed by atoms with van der Waals surface area (Å²) in [4.78, 5) is 45.4. The van der Waals surface area contributed by atoms with Gasteiger partial charge in [-0.2, -0.15) is 5.10 Å². The van der Waals surface area contributed by atoms with Gasteiger partial charge in [-0.05, 0) is 107 Å². The molecule has 0 saturated heterocycles. The van der Waals surface area contributed by atoms with Crippen molar-refractivity contribution in [1.82, 2.24) is 14.7 Å². The summed E-state index contributed by atoms with van der Waals surface area (Å²) in [6.45, 7) is 12.1. The van der Waals surface area contributed by atoms with Crippen LogP contribution in [0.3, 0.4) is 0 Å². The smallest absolute Gasteiger partial charge is 0.410 e. The van der Waals surface area contributed by atoms with E-state index >= 15 is 0 Å². The summed E-state index contributed by atoms with van der Waals surface area (Å²) in [7, 11) is 0. The number of amides is 1. The zero-order chi connectivity index (χ0) is 34.1. The summed E-state index contributed by atoms with van der Waals surface area (Å²) in [5.41, 5.74) is 7.31. The van der Waals surface area contributed by atoms with Gasteiger partial charge in [0.15, 0.2) is 5.94 Å². The molecule has 10 nitrogen and oxygen atoms in total. The van der Waals surface area contributed by atoms with E-state index in [4.69, 9.17) is 9.84 Å². The zero-order valence-corrected chi connectivity index (χ0v) is 28.2. The first-order chi connectivity index (χ1) is 22.9. The highest BCUT2D eigenvalue weighted by Gasteiger charge is 2.40. The summed E-state index contributed by atoms with van der Waals surface area (Å²) in [5.74, 6) is 4.85. The maximum absolute atomic E-state index is 14.8. The Balaban J connectivity index is 1.34. The molecular weight excluding hydrogens is 611 g/mol. The van der Waals surface area contributed by atoms with Crippen molar-refractivity contribution in [2.24, 2.45) is 0 Å². The van der Waals surface area contributed by atoms with Crippen molar-refractivity contribution in [1.29, 1.82) is 0 Å². The molecule has 0 saturated carbocycles. The number of halogens is 1. The minimum absolute atomic E-state index is 0.236. The van der Waals surface area contributed by atoms with Crippen LogP contribution in [0.15, 0.2) is 48.2 Å². The second-order valence-corrected chi connectivity index (χ2v) is 14.0. The van der Waals surface area contributed by atoms with E-state index in [1.54, 1.807) is 46.7 Å². The first-order valence-electron chi connectivity index (χ1n) is 16.5. The number of aryl methyl sites for hydroxylation is 4. The molecule has 11 heteroatoms. The molecule has 0 N–H and O–H groups in total. The molecule has 0 radical (unpaired) electrons. The maximum Gasteiger partial charge on any atom is 0.410 e. The molecule has 0 fully saturated rings. The van der Waals surface area contributed by atoms with Crippen molar-refractivity contribution < 1.29 is 23.5 Å². The van der Waals surface area contributed by atoms with Gasteiger partial charge < -0.3 is 14.5 Å². The van der Waals surface area contributed by atoms with Crippen LogP contribution in [0, 0.1) is 19.7 Å². The fourth-order valence-electron chi connectivity index (χ4n) is 7.46. The maximum atomic E-state index is 14.8. The monoisotopic (exact) mass is 650 g/mol. The van der Waals surface area contributed by atoms with Gasteiger partial charge >= 0.3 is 6.09 Å². The van der Waals surface area contributed by atoms with Crippen LogP contribution in [0.4, 0.5) is 26.4 Å². The second-order valence-electron chi connectivity index (χ2n) is 14.0. The van der Waals surface area contributed by atoms with Crippen LogP contribution in [0.5, 0.6) is 0 Å². The first kappa shape index (κ1) is 31.5. The number of allylic oxidation sites excluding steroid dienone is 1. The number of fused-ring (bicyclic) bond motifs is 1. The lowest BCUT2D eigenvalue weighted by Gasteiger charge is -2.38. The Hall–Kier alpha value is -5.11. The molecule has 2 aromatic carbocycles. The molecule has 1 amide bonds. The number of hydrogen-bond donors (Lipinski definition) is 0. The number of carbonyl (C=O) groups excluding carboxylic acids is 3. The Morgan fingerprint density at radius 1 is 0.917 bits per heavy atom. The van der Waals surface area contributed by atoms with E-state index in [-0.39, 0.29) is 11.6 Å². The van der Waals surface area contributed by atoms with Crippen molar-refractivity contribution >= 4 is 35.2 Å². The predicted molar refractivity (Wildman–Crippen MR) is 181 cm³/mol. The Morgan fingerprint density at radius 3 is 2.27 bits per heavy atom. The molecule has 4 aliphatic heterocycles. The number of anilines is 3. The standard InChI is InChI=1S/C37H39FN6O4/c1-22-16-29(17-23(2)33(22)38)44-35(32-24(3)40(13-11-30(32)39-44)36(47)48-37(4,5)6)43-15-14-41(31(43)21-46)28-18-25-8-7-12-42-27(20-45)10-9-26(19-28)34(25)42/h14-19,24H,7-13H2,1-6H3/t24-/m0/s1. The Bertz CT molecular complexity index is 1950. The molecule has 248 valence electrons. The van der Waals surface area contributed by atoms with Crippen LogP contribution in [0.25, 0.3) is 5.69 Å². The predicted octanol–water partition coefficient (Wildman–Crippen LogP) is 6.37. The summed E-state index contributed by atoms with van der Waals surface area (Å²) < 4.78 is 22.3. The molecule has 0 aliphatic carbocycles. The minimum Gasteiger partial charge on any atom is -0.444 e. The van der Waals surface area contributed by atoms with E-state index in [1.807, 2.05) is 38.8 Å². The van der Waals surface area contributed by atoms with Gasteiger partial charge in [0, 0.05) is 55.3 Å². The average molecular weight is 651 g/mol. The van der Waals surface area contributed by atoms with Crippen molar-refractivity contribution in [3.05, 3.63) is 87.5 Å². The molecule has 0 bridgehead atoms. The lowest BCUT2D eigenvalue weighted by molar-refractivity contribution is 0.0160. The number of carbonyl (C=O) groups is 1. The van der Waals surface area contributed by atoms with Crippen LogP contribution in [0.2, 0.25) is 0 Å². The highest BCUT2D eigenvalue weighted by Crippen LogP contribution is 2.45. The molecule has 5 heterocycles. The molecule has 4 aliphatic rings. The van der Waals surface area contributed by atoms with Crippen molar-refractivity contribution in [2.45, 2.75) is 85.3 Å². The van der Waals surface area contributed by atoms with Gasteiger partial charge in [-0.3, -0.25) is 9.80 Å². The summed E-state index contributed by atoms with van der Waals surface area (Å²) in [5, 5.41) is 5.02. The van der Waals surface area contributed by atoms with Gasteiger partial charge in [0.25, 0.3) is 0 Å². The van der Waals surface area contributed by atoms with Gasteiger partial charge in [0.2, 0.25) is 5.82 Å². The van der Waals surface area contributed by atoms with E-state index in [0.717, 1.165) is 53.1 Å². The van der Waals surface area contributed by atoms with Gasteiger partial charge in [0.1, 0.15) is 28.9 Å². The Kier molecular flexibility index (Phi) is 7.57. The number of hydrogen-bond acceptors (Lipinski definition) is 8. The fraction of sp³-hybridized carbons (Fsp3) is 0.405. The third kappa shape index (κ3) is 5.11. The average Bonchev–Trinajstić information content (AvgIpc) is 3.65. The first-order valence-corrected chi connectivity index (χ1v) is 16.5. The topological polar surface area (TPSA) is 91.2 Å². The zero-order valence-electron chi connectivity index (χ0n) is 28.2. The molecule has 1 aromatic heterocycles. The highest BCUT2D eigenvalue weighted by atomic mass is 19.1. The molecule has 48 heavy (non-hydrogen) atoms. The number of nitrogens with zero attached hydrogens (tertiary/aromatic N) is 6. The van der Waals surface area contributed by atoms with Crippen LogP contribution < -0.4 is 14.7 Å². The lowest BCUT2D eigenvalue weighted by atomic mass is 9.90. The normalized spacial score (nSPS) is 18.5.